The van der Waals surface area contributed by atoms with Gasteiger partial charge in [0, 0.05) is 19.2 Å². The molecule has 1 amide bonds. The van der Waals surface area contributed by atoms with Crippen LogP contribution in [0, 0.1) is 0 Å². The number of amides is 1. The van der Waals surface area contributed by atoms with E-state index < -0.39 is 5.97 Å². The van der Waals surface area contributed by atoms with Crippen molar-refractivity contribution < 1.29 is 14.7 Å². The van der Waals surface area contributed by atoms with Gasteiger partial charge in [-0.3, -0.25) is 9.59 Å². The first-order valence-corrected chi connectivity index (χ1v) is 5.49. The van der Waals surface area contributed by atoms with Gasteiger partial charge in [0.2, 0.25) is 5.91 Å². The Labute approximate surface area is 103 Å². The number of aliphatic carboxylic acids is 1. The standard InChI is InChI=1S/C12H13N3O3/c1-15-7-13-9-6-8(2-3-10(9)15)14-11(16)4-5-12(17)18/h2-3,6-7H,4-5H2,1H3,(H,14,16)(H,17,18). The van der Waals surface area contributed by atoms with E-state index in [-0.39, 0.29) is 18.7 Å². The number of nitrogens with zero attached hydrogens (tertiary/aromatic N) is 2. The average Bonchev–Trinajstić information content (AvgIpc) is 2.68. The van der Waals surface area contributed by atoms with Gasteiger partial charge in [-0.25, -0.2) is 4.98 Å². The fourth-order valence-electron chi connectivity index (χ4n) is 1.66. The summed E-state index contributed by atoms with van der Waals surface area (Å²) in [5, 5.41) is 11.1. The molecule has 0 saturated heterocycles. The molecular weight excluding hydrogens is 234 g/mol. The van der Waals surface area contributed by atoms with E-state index in [1.165, 1.54) is 0 Å². The van der Waals surface area contributed by atoms with Crippen molar-refractivity contribution in [2.24, 2.45) is 7.05 Å². The van der Waals surface area contributed by atoms with Crippen LogP contribution in [0.3, 0.4) is 0 Å². The number of benzene rings is 1. The van der Waals surface area contributed by atoms with Gasteiger partial charge in [0.15, 0.2) is 0 Å². The lowest BCUT2D eigenvalue weighted by Gasteiger charge is -2.04. The zero-order chi connectivity index (χ0) is 13.1. The Kier molecular flexibility index (Phi) is 3.27. The number of hydrogen-bond acceptors (Lipinski definition) is 3. The summed E-state index contributed by atoms with van der Waals surface area (Å²) in [4.78, 5) is 26.0. The smallest absolute Gasteiger partial charge is 0.303 e. The second kappa shape index (κ2) is 4.87. The first-order valence-electron chi connectivity index (χ1n) is 5.49. The number of carboxylic acid groups (broad SMARTS) is 1. The highest BCUT2D eigenvalue weighted by atomic mass is 16.4. The summed E-state index contributed by atoms with van der Waals surface area (Å²) >= 11 is 0. The molecule has 0 radical (unpaired) electrons. The number of imidazole rings is 1. The number of nitrogens with one attached hydrogen (secondary N) is 1. The third kappa shape index (κ3) is 2.65. The predicted octanol–water partition coefficient (Wildman–Crippen LogP) is 1.38. The average molecular weight is 247 g/mol. The van der Waals surface area contributed by atoms with Gasteiger partial charge in [0.1, 0.15) is 0 Å². The van der Waals surface area contributed by atoms with Crippen LogP contribution in [0.5, 0.6) is 0 Å². The van der Waals surface area contributed by atoms with E-state index in [1.807, 2.05) is 17.7 Å². The summed E-state index contributed by atoms with van der Waals surface area (Å²) in [6.45, 7) is 0. The molecule has 0 aliphatic rings. The van der Waals surface area contributed by atoms with Crippen LogP contribution in [0.1, 0.15) is 12.8 Å². The Morgan fingerprint density at radius 2 is 2.17 bits per heavy atom. The summed E-state index contributed by atoms with van der Waals surface area (Å²) in [5.74, 6) is -1.29. The maximum atomic E-state index is 11.5. The molecule has 94 valence electrons. The molecular formula is C12H13N3O3. The molecule has 0 aliphatic heterocycles. The summed E-state index contributed by atoms with van der Waals surface area (Å²) < 4.78 is 1.88. The van der Waals surface area contributed by atoms with Crippen LogP contribution in [-0.2, 0) is 16.6 Å². The van der Waals surface area contributed by atoms with E-state index in [0.29, 0.717) is 5.69 Å². The first kappa shape index (κ1) is 12.1. The number of aryl methyl sites for hydroxylation is 1. The highest BCUT2D eigenvalue weighted by Gasteiger charge is 2.07. The Morgan fingerprint density at radius 1 is 1.39 bits per heavy atom. The molecule has 0 spiro atoms. The van der Waals surface area contributed by atoms with E-state index in [4.69, 9.17) is 5.11 Å². The molecule has 0 bridgehead atoms. The molecule has 18 heavy (non-hydrogen) atoms. The van der Waals surface area contributed by atoms with Crippen molar-refractivity contribution in [1.82, 2.24) is 9.55 Å². The van der Waals surface area contributed by atoms with E-state index >= 15 is 0 Å². The van der Waals surface area contributed by atoms with Crippen LogP contribution >= 0.6 is 0 Å². The van der Waals surface area contributed by atoms with E-state index in [1.54, 1.807) is 18.5 Å². The Hall–Kier alpha value is -2.37. The van der Waals surface area contributed by atoms with Crippen molar-refractivity contribution in [3.8, 4) is 0 Å². The Bertz CT molecular complexity index is 604. The Morgan fingerprint density at radius 3 is 2.89 bits per heavy atom. The highest BCUT2D eigenvalue weighted by molar-refractivity contribution is 5.94. The van der Waals surface area contributed by atoms with E-state index in [0.717, 1.165) is 11.0 Å². The molecule has 0 aliphatic carbocycles. The number of rotatable bonds is 4. The van der Waals surface area contributed by atoms with Crippen LogP contribution in [0.25, 0.3) is 11.0 Å². The van der Waals surface area contributed by atoms with Crippen molar-refractivity contribution in [2.75, 3.05) is 5.32 Å². The quantitative estimate of drug-likeness (QED) is 0.854. The molecule has 6 nitrogen and oxygen atoms in total. The maximum absolute atomic E-state index is 11.5. The molecule has 0 unspecified atom stereocenters. The molecule has 1 heterocycles. The van der Waals surface area contributed by atoms with Gasteiger partial charge >= 0.3 is 5.97 Å². The van der Waals surface area contributed by atoms with Gasteiger partial charge in [0.05, 0.1) is 23.8 Å². The Balaban J connectivity index is 2.07. The fourth-order valence-corrected chi connectivity index (χ4v) is 1.66. The van der Waals surface area contributed by atoms with Crippen LogP contribution in [0.15, 0.2) is 24.5 Å². The zero-order valence-electron chi connectivity index (χ0n) is 9.88. The second-order valence-corrected chi connectivity index (χ2v) is 4.00. The van der Waals surface area contributed by atoms with E-state index in [2.05, 4.69) is 10.3 Å². The van der Waals surface area contributed by atoms with Gasteiger partial charge in [-0.1, -0.05) is 0 Å². The van der Waals surface area contributed by atoms with Gasteiger partial charge in [0.25, 0.3) is 0 Å². The van der Waals surface area contributed by atoms with Gasteiger partial charge in [-0.15, -0.1) is 0 Å². The lowest BCUT2D eigenvalue weighted by molar-refractivity contribution is -0.138. The zero-order valence-corrected chi connectivity index (χ0v) is 9.88. The number of aromatic nitrogens is 2. The minimum Gasteiger partial charge on any atom is -0.481 e. The summed E-state index contributed by atoms with van der Waals surface area (Å²) in [6, 6.07) is 5.38. The molecule has 2 rings (SSSR count). The van der Waals surface area contributed by atoms with Crippen molar-refractivity contribution in [3.63, 3.8) is 0 Å². The third-order valence-corrected chi connectivity index (χ3v) is 2.58. The number of carbonyl (C=O) groups excluding carboxylic acids is 1. The largest absolute Gasteiger partial charge is 0.481 e. The van der Waals surface area contributed by atoms with Crippen molar-refractivity contribution in [1.29, 1.82) is 0 Å². The topological polar surface area (TPSA) is 84.2 Å². The number of hydrogen-bond donors (Lipinski definition) is 2. The van der Waals surface area contributed by atoms with Crippen LogP contribution in [0.4, 0.5) is 5.69 Å². The molecule has 1 aromatic carbocycles. The van der Waals surface area contributed by atoms with Gasteiger partial charge < -0.3 is 15.0 Å². The van der Waals surface area contributed by atoms with Crippen molar-refractivity contribution in [2.45, 2.75) is 12.8 Å². The second-order valence-electron chi connectivity index (χ2n) is 4.00. The fraction of sp³-hybridized carbons (Fsp3) is 0.250. The van der Waals surface area contributed by atoms with Crippen molar-refractivity contribution in [3.05, 3.63) is 24.5 Å². The highest BCUT2D eigenvalue weighted by Crippen LogP contribution is 2.17. The van der Waals surface area contributed by atoms with Crippen LogP contribution < -0.4 is 5.32 Å². The molecule has 0 saturated carbocycles. The maximum Gasteiger partial charge on any atom is 0.303 e. The van der Waals surface area contributed by atoms with Crippen molar-refractivity contribution >= 4 is 28.6 Å². The molecule has 1 aromatic heterocycles. The lowest BCUT2D eigenvalue weighted by Crippen LogP contribution is -2.13. The number of carbonyl (C=O) groups is 2. The predicted molar refractivity (Wildman–Crippen MR) is 66.2 cm³/mol. The van der Waals surface area contributed by atoms with Crippen LogP contribution in [0.2, 0.25) is 0 Å². The summed E-state index contributed by atoms with van der Waals surface area (Å²) in [6.07, 6.45) is 1.49. The van der Waals surface area contributed by atoms with E-state index in [9.17, 15) is 9.59 Å². The number of anilines is 1. The number of carboxylic acids is 1. The molecule has 2 N–H and O–H groups in total. The number of fused-ring (bicyclic) bond motifs is 1. The molecule has 0 fully saturated rings. The minimum atomic E-state index is -0.981. The van der Waals surface area contributed by atoms with Crippen LogP contribution in [-0.4, -0.2) is 26.5 Å². The van der Waals surface area contributed by atoms with Gasteiger partial charge in [-0.05, 0) is 18.2 Å². The summed E-state index contributed by atoms with van der Waals surface area (Å²) in [7, 11) is 1.89. The third-order valence-electron chi connectivity index (χ3n) is 2.58. The molecule has 6 heteroatoms. The molecule has 0 atom stereocenters. The lowest BCUT2D eigenvalue weighted by atomic mass is 10.2. The molecule has 2 aromatic rings. The van der Waals surface area contributed by atoms with Gasteiger partial charge in [-0.2, -0.15) is 0 Å². The minimum absolute atomic E-state index is 0.0322. The normalized spacial score (nSPS) is 10.5. The SMILES string of the molecule is Cn1cnc2cc(NC(=O)CCC(=O)O)ccc21. The monoisotopic (exact) mass is 247 g/mol. The summed E-state index contributed by atoms with van der Waals surface area (Å²) in [5.41, 5.74) is 2.38. The first-order chi connectivity index (χ1) is 8.56.